The summed E-state index contributed by atoms with van der Waals surface area (Å²) in [6, 6.07) is 8.54. The Kier molecular flexibility index (Phi) is 3.93. The second-order valence-electron chi connectivity index (χ2n) is 4.74. The summed E-state index contributed by atoms with van der Waals surface area (Å²) in [5.74, 6) is -0.380. The topological polar surface area (TPSA) is 80.7 Å². The van der Waals surface area contributed by atoms with Gasteiger partial charge in [0.25, 0.3) is 5.91 Å². The van der Waals surface area contributed by atoms with Gasteiger partial charge in [0, 0.05) is 17.4 Å². The SMILES string of the molecule is CC(NC(=O)c1nnc2ccc(Cl)cc2n1)c1ccncc1. The number of halogens is 1. The van der Waals surface area contributed by atoms with Crippen LogP contribution >= 0.6 is 11.6 Å². The molecule has 2 heterocycles. The van der Waals surface area contributed by atoms with Crippen LogP contribution in [-0.2, 0) is 0 Å². The van der Waals surface area contributed by atoms with E-state index in [-0.39, 0.29) is 11.9 Å². The van der Waals surface area contributed by atoms with Crippen molar-refractivity contribution in [3.8, 4) is 0 Å². The van der Waals surface area contributed by atoms with Crippen LogP contribution < -0.4 is 5.32 Å². The van der Waals surface area contributed by atoms with E-state index < -0.39 is 5.91 Å². The Bertz CT molecular complexity index is 825. The molecular formula is C15H12ClN5O. The molecule has 0 aliphatic carbocycles. The number of nitrogens with one attached hydrogen (secondary N) is 1. The summed E-state index contributed by atoms with van der Waals surface area (Å²) >= 11 is 5.92. The lowest BCUT2D eigenvalue weighted by molar-refractivity contribution is 0.0928. The average Bonchev–Trinajstić information content (AvgIpc) is 2.54. The number of hydrogen-bond acceptors (Lipinski definition) is 5. The molecule has 110 valence electrons. The van der Waals surface area contributed by atoms with Gasteiger partial charge in [0.05, 0.1) is 11.6 Å². The standard InChI is InChI=1S/C15H12ClN5O/c1-9(10-4-6-17-7-5-10)18-15(22)14-19-13-8-11(16)2-3-12(13)20-21-14/h2-9H,1H3,(H,18,22). The second kappa shape index (κ2) is 6.03. The van der Waals surface area contributed by atoms with Gasteiger partial charge in [-0.1, -0.05) is 11.6 Å². The number of aromatic nitrogens is 4. The van der Waals surface area contributed by atoms with Gasteiger partial charge in [-0.15, -0.1) is 10.2 Å². The molecule has 0 aliphatic heterocycles. The van der Waals surface area contributed by atoms with Crippen molar-refractivity contribution in [3.05, 3.63) is 59.1 Å². The molecule has 0 aliphatic rings. The third kappa shape index (κ3) is 3.01. The van der Waals surface area contributed by atoms with E-state index in [2.05, 4.69) is 25.5 Å². The summed E-state index contributed by atoms with van der Waals surface area (Å²) in [6.07, 6.45) is 3.35. The van der Waals surface area contributed by atoms with Gasteiger partial charge in [-0.25, -0.2) is 4.98 Å². The van der Waals surface area contributed by atoms with Crippen LogP contribution in [0.15, 0.2) is 42.7 Å². The van der Waals surface area contributed by atoms with Gasteiger partial charge in [0.15, 0.2) is 0 Å². The third-order valence-corrected chi connectivity index (χ3v) is 3.41. The summed E-state index contributed by atoms with van der Waals surface area (Å²) < 4.78 is 0. The normalized spacial score (nSPS) is 12.1. The first kappa shape index (κ1) is 14.3. The zero-order chi connectivity index (χ0) is 15.5. The number of hydrogen-bond donors (Lipinski definition) is 1. The van der Waals surface area contributed by atoms with E-state index in [9.17, 15) is 4.79 Å². The summed E-state index contributed by atoms with van der Waals surface area (Å²) in [7, 11) is 0. The molecule has 0 saturated heterocycles. The van der Waals surface area contributed by atoms with Crippen LogP contribution in [0.4, 0.5) is 0 Å². The lowest BCUT2D eigenvalue weighted by Crippen LogP contribution is -2.28. The van der Waals surface area contributed by atoms with Crippen LogP contribution in [0.1, 0.15) is 29.1 Å². The van der Waals surface area contributed by atoms with Crippen LogP contribution in [0.25, 0.3) is 11.0 Å². The molecule has 3 aromatic rings. The van der Waals surface area contributed by atoms with Gasteiger partial charge >= 0.3 is 0 Å². The highest BCUT2D eigenvalue weighted by Crippen LogP contribution is 2.15. The van der Waals surface area contributed by atoms with Crippen molar-refractivity contribution in [1.82, 2.24) is 25.5 Å². The van der Waals surface area contributed by atoms with Crippen molar-refractivity contribution in [2.75, 3.05) is 0 Å². The van der Waals surface area contributed by atoms with Gasteiger partial charge < -0.3 is 5.32 Å². The van der Waals surface area contributed by atoms with Crippen molar-refractivity contribution in [1.29, 1.82) is 0 Å². The van der Waals surface area contributed by atoms with Crippen LogP contribution in [-0.4, -0.2) is 26.1 Å². The van der Waals surface area contributed by atoms with E-state index in [1.807, 2.05) is 19.1 Å². The third-order valence-electron chi connectivity index (χ3n) is 3.17. The van der Waals surface area contributed by atoms with Crippen LogP contribution in [0.3, 0.4) is 0 Å². The Labute approximate surface area is 131 Å². The summed E-state index contributed by atoms with van der Waals surface area (Å²) in [5.41, 5.74) is 2.06. The zero-order valence-electron chi connectivity index (χ0n) is 11.7. The summed E-state index contributed by atoms with van der Waals surface area (Å²) in [6.45, 7) is 1.87. The molecule has 0 saturated carbocycles. The maximum absolute atomic E-state index is 12.2. The fourth-order valence-corrected chi connectivity index (χ4v) is 2.17. The second-order valence-corrected chi connectivity index (χ2v) is 5.18. The number of carbonyl (C=O) groups excluding carboxylic acids is 1. The molecule has 1 amide bonds. The van der Waals surface area contributed by atoms with Gasteiger partial charge in [-0.05, 0) is 42.8 Å². The van der Waals surface area contributed by atoms with Crippen molar-refractivity contribution in [2.45, 2.75) is 13.0 Å². The van der Waals surface area contributed by atoms with Crippen molar-refractivity contribution in [2.24, 2.45) is 0 Å². The highest BCUT2D eigenvalue weighted by Gasteiger charge is 2.15. The number of pyridine rings is 1. The Balaban J connectivity index is 1.83. The predicted molar refractivity (Wildman–Crippen MR) is 82.5 cm³/mol. The highest BCUT2D eigenvalue weighted by atomic mass is 35.5. The molecule has 0 bridgehead atoms. The van der Waals surface area contributed by atoms with Crippen molar-refractivity contribution < 1.29 is 4.79 Å². The smallest absolute Gasteiger partial charge is 0.291 e. The van der Waals surface area contributed by atoms with Gasteiger partial charge in [-0.2, -0.15) is 0 Å². The summed E-state index contributed by atoms with van der Waals surface area (Å²) in [4.78, 5) is 20.4. The van der Waals surface area contributed by atoms with E-state index in [0.29, 0.717) is 16.1 Å². The summed E-state index contributed by atoms with van der Waals surface area (Å²) in [5, 5.41) is 11.2. The fraction of sp³-hybridized carbons (Fsp3) is 0.133. The number of carbonyl (C=O) groups is 1. The largest absolute Gasteiger partial charge is 0.343 e. The molecule has 0 spiro atoms. The first-order chi connectivity index (χ1) is 10.6. The monoisotopic (exact) mass is 313 g/mol. The minimum Gasteiger partial charge on any atom is -0.343 e. The lowest BCUT2D eigenvalue weighted by atomic mass is 10.1. The lowest BCUT2D eigenvalue weighted by Gasteiger charge is -2.13. The molecule has 3 rings (SSSR count). The Hall–Kier alpha value is -2.60. The molecule has 1 N–H and O–H groups in total. The number of rotatable bonds is 3. The first-order valence-corrected chi connectivity index (χ1v) is 7.02. The zero-order valence-corrected chi connectivity index (χ0v) is 12.4. The minimum atomic E-state index is -0.390. The van der Waals surface area contributed by atoms with Crippen LogP contribution in [0.2, 0.25) is 5.02 Å². The molecule has 1 aromatic carbocycles. The molecule has 0 radical (unpaired) electrons. The van der Waals surface area contributed by atoms with E-state index >= 15 is 0 Å². The van der Waals surface area contributed by atoms with E-state index in [0.717, 1.165) is 5.56 Å². The van der Waals surface area contributed by atoms with Crippen molar-refractivity contribution in [3.63, 3.8) is 0 Å². The highest BCUT2D eigenvalue weighted by molar-refractivity contribution is 6.31. The van der Waals surface area contributed by atoms with Crippen molar-refractivity contribution >= 4 is 28.5 Å². The maximum Gasteiger partial charge on any atom is 0.291 e. The molecular weight excluding hydrogens is 302 g/mol. The Morgan fingerprint density at radius 1 is 1.14 bits per heavy atom. The van der Waals surface area contributed by atoms with Crippen LogP contribution in [0.5, 0.6) is 0 Å². The van der Waals surface area contributed by atoms with E-state index in [1.54, 1.807) is 30.6 Å². The van der Waals surface area contributed by atoms with Gasteiger partial charge in [0.2, 0.25) is 5.82 Å². The fourth-order valence-electron chi connectivity index (χ4n) is 2.00. The number of fused-ring (bicyclic) bond motifs is 1. The Morgan fingerprint density at radius 3 is 2.68 bits per heavy atom. The molecule has 7 heteroatoms. The molecule has 6 nitrogen and oxygen atoms in total. The molecule has 2 aromatic heterocycles. The maximum atomic E-state index is 12.2. The van der Waals surface area contributed by atoms with E-state index in [4.69, 9.17) is 11.6 Å². The quantitative estimate of drug-likeness (QED) is 0.803. The molecule has 1 unspecified atom stereocenters. The molecule has 0 fully saturated rings. The number of benzene rings is 1. The van der Waals surface area contributed by atoms with Crippen LogP contribution in [0, 0.1) is 0 Å². The first-order valence-electron chi connectivity index (χ1n) is 6.64. The number of amides is 1. The van der Waals surface area contributed by atoms with Gasteiger partial charge in [-0.3, -0.25) is 9.78 Å². The number of nitrogens with zero attached hydrogens (tertiary/aromatic N) is 4. The average molecular weight is 314 g/mol. The Morgan fingerprint density at radius 2 is 1.91 bits per heavy atom. The predicted octanol–water partition coefficient (Wildman–Crippen LogP) is 2.56. The molecule has 1 atom stereocenters. The minimum absolute atomic E-state index is 0.00988. The molecule has 22 heavy (non-hydrogen) atoms. The van der Waals surface area contributed by atoms with Gasteiger partial charge in [0.1, 0.15) is 5.52 Å². The van der Waals surface area contributed by atoms with E-state index in [1.165, 1.54) is 0 Å².